The minimum absolute atomic E-state index is 0.161. The highest BCUT2D eigenvalue weighted by Crippen LogP contribution is 1.91. The number of nitrogens with zero attached hydrogens (tertiary/aromatic N) is 1. The SMILES string of the molecule is CCCOCCC(=O)N(C)CC. The molecule has 0 aliphatic heterocycles. The Labute approximate surface area is 74.7 Å². The van der Waals surface area contributed by atoms with Gasteiger partial charge in [0, 0.05) is 20.2 Å². The molecule has 0 aliphatic carbocycles. The zero-order valence-corrected chi connectivity index (χ0v) is 8.30. The van der Waals surface area contributed by atoms with Crippen LogP contribution in [0.5, 0.6) is 0 Å². The monoisotopic (exact) mass is 173 g/mol. The fourth-order valence-electron chi connectivity index (χ4n) is 0.773. The van der Waals surface area contributed by atoms with Crippen molar-refractivity contribution in [1.82, 2.24) is 4.90 Å². The predicted molar refractivity (Wildman–Crippen MR) is 49.0 cm³/mol. The third-order valence-electron chi connectivity index (χ3n) is 1.71. The van der Waals surface area contributed by atoms with Crippen LogP contribution in [0.2, 0.25) is 0 Å². The first-order valence-electron chi connectivity index (χ1n) is 4.54. The van der Waals surface area contributed by atoms with Gasteiger partial charge in [-0.15, -0.1) is 0 Å². The minimum atomic E-state index is 0.161. The lowest BCUT2D eigenvalue weighted by Crippen LogP contribution is -2.27. The number of hydrogen-bond acceptors (Lipinski definition) is 2. The summed E-state index contributed by atoms with van der Waals surface area (Å²) >= 11 is 0. The summed E-state index contributed by atoms with van der Waals surface area (Å²) in [4.78, 5) is 12.9. The average molecular weight is 173 g/mol. The van der Waals surface area contributed by atoms with Crippen molar-refractivity contribution >= 4 is 5.91 Å². The van der Waals surface area contributed by atoms with E-state index >= 15 is 0 Å². The van der Waals surface area contributed by atoms with E-state index in [1.807, 2.05) is 14.0 Å². The smallest absolute Gasteiger partial charge is 0.224 e. The lowest BCUT2D eigenvalue weighted by atomic mass is 10.4. The molecule has 72 valence electrons. The highest BCUT2D eigenvalue weighted by molar-refractivity contribution is 5.75. The van der Waals surface area contributed by atoms with Gasteiger partial charge in [-0.25, -0.2) is 0 Å². The molecule has 0 fully saturated rings. The highest BCUT2D eigenvalue weighted by atomic mass is 16.5. The van der Waals surface area contributed by atoms with Gasteiger partial charge in [0.25, 0.3) is 0 Å². The summed E-state index contributed by atoms with van der Waals surface area (Å²) in [6.45, 7) is 6.09. The van der Waals surface area contributed by atoms with Crippen LogP contribution in [-0.4, -0.2) is 37.6 Å². The Morgan fingerprint density at radius 1 is 1.33 bits per heavy atom. The van der Waals surface area contributed by atoms with E-state index in [9.17, 15) is 4.79 Å². The Bertz CT molecular complexity index is 126. The summed E-state index contributed by atoms with van der Waals surface area (Å²) in [7, 11) is 1.81. The summed E-state index contributed by atoms with van der Waals surface area (Å²) in [6.07, 6.45) is 1.52. The van der Waals surface area contributed by atoms with Gasteiger partial charge in [-0.2, -0.15) is 0 Å². The number of hydrogen-bond donors (Lipinski definition) is 0. The molecule has 1 amide bonds. The number of carbonyl (C=O) groups excluding carboxylic acids is 1. The van der Waals surface area contributed by atoms with Crippen LogP contribution in [0, 0.1) is 0 Å². The fourth-order valence-corrected chi connectivity index (χ4v) is 0.773. The lowest BCUT2D eigenvalue weighted by Gasteiger charge is -2.13. The fraction of sp³-hybridized carbons (Fsp3) is 0.889. The normalized spacial score (nSPS) is 9.92. The van der Waals surface area contributed by atoms with E-state index in [2.05, 4.69) is 6.92 Å². The van der Waals surface area contributed by atoms with Crippen LogP contribution in [-0.2, 0) is 9.53 Å². The average Bonchev–Trinajstić information content (AvgIpc) is 2.10. The molecule has 0 aromatic heterocycles. The van der Waals surface area contributed by atoms with Gasteiger partial charge in [-0.05, 0) is 13.3 Å². The van der Waals surface area contributed by atoms with E-state index in [-0.39, 0.29) is 5.91 Å². The molecule has 0 spiro atoms. The van der Waals surface area contributed by atoms with E-state index < -0.39 is 0 Å². The summed E-state index contributed by atoms with van der Waals surface area (Å²) < 4.78 is 5.20. The molecular formula is C9H19NO2. The third-order valence-corrected chi connectivity index (χ3v) is 1.71. The summed E-state index contributed by atoms with van der Waals surface area (Å²) in [5.41, 5.74) is 0. The van der Waals surface area contributed by atoms with Crippen LogP contribution >= 0.6 is 0 Å². The van der Waals surface area contributed by atoms with Crippen molar-refractivity contribution in [2.45, 2.75) is 26.7 Å². The van der Waals surface area contributed by atoms with Gasteiger partial charge in [0.1, 0.15) is 0 Å². The topological polar surface area (TPSA) is 29.5 Å². The molecule has 0 aromatic carbocycles. The summed E-state index contributed by atoms with van der Waals surface area (Å²) in [5, 5.41) is 0. The largest absolute Gasteiger partial charge is 0.381 e. The molecular weight excluding hydrogens is 154 g/mol. The van der Waals surface area contributed by atoms with Gasteiger partial charge in [-0.1, -0.05) is 6.92 Å². The van der Waals surface area contributed by atoms with E-state index in [1.54, 1.807) is 4.90 Å². The lowest BCUT2D eigenvalue weighted by molar-refractivity contribution is -0.130. The highest BCUT2D eigenvalue weighted by Gasteiger charge is 2.04. The van der Waals surface area contributed by atoms with Crippen LogP contribution in [0.25, 0.3) is 0 Å². The maximum atomic E-state index is 11.2. The van der Waals surface area contributed by atoms with E-state index in [4.69, 9.17) is 4.74 Å². The first-order chi connectivity index (χ1) is 5.72. The van der Waals surface area contributed by atoms with Crippen molar-refractivity contribution in [3.63, 3.8) is 0 Å². The van der Waals surface area contributed by atoms with Crippen molar-refractivity contribution in [2.75, 3.05) is 26.8 Å². The van der Waals surface area contributed by atoms with Gasteiger partial charge >= 0.3 is 0 Å². The Morgan fingerprint density at radius 3 is 2.50 bits per heavy atom. The van der Waals surface area contributed by atoms with Crippen molar-refractivity contribution in [3.8, 4) is 0 Å². The molecule has 0 aromatic rings. The summed E-state index contributed by atoms with van der Waals surface area (Å²) in [5.74, 6) is 0.161. The van der Waals surface area contributed by atoms with Crippen LogP contribution in [0.1, 0.15) is 26.7 Å². The molecule has 0 aliphatic rings. The molecule has 3 nitrogen and oxygen atoms in total. The summed E-state index contributed by atoms with van der Waals surface area (Å²) in [6, 6.07) is 0. The Morgan fingerprint density at radius 2 is 2.00 bits per heavy atom. The zero-order valence-electron chi connectivity index (χ0n) is 8.30. The molecule has 0 saturated heterocycles. The molecule has 0 saturated carbocycles. The standard InChI is InChI=1S/C9H19NO2/c1-4-7-12-8-6-9(11)10(3)5-2/h4-8H2,1-3H3. The van der Waals surface area contributed by atoms with Gasteiger partial charge in [0.15, 0.2) is 0 Å². The quantitative estimate of drug-likeness (QED) is 0.566. The van der Waals surface area contributed by atoms with Crippen molar-refractivity contribution in [3.05, 3.63) is 0 Å². The molecule has 0 unspecified atom stereocenters. The van der Waals surface area contributed by atoms with Gasteiger partial charge in [0.05, 0.1) is 13.0 Å². The molecule has 0 atom stereocenters. The molecule has 3 heteroatoms. The Hall–Kier alpha value is -0.570. The van der Waals surface area contributed by atoms with Gasteiger partial charge < -0.3 is 9.64 Å². The molecule has 0 bridgehead atoms. The Kier molecular flexibility index (Phi) is 6.76. The molecule has 0 radical (unpaired) electrons. The second-order valence-corrected chi connectivity index (χ2v) is 2.77. The molecule has 0 rings (SSSR count). The van der Waals surface area contributed by atoms with E-state index in [1.165, 1.54) is 0 Å². The first-order valence-corrected chi connectivity index (χ1v) is 4.54. The maximum Gasteiger partial charge on any atom is 0.224 e. The van der Waals surface area contributed by atoms with Gasteiger partial charge in [-0.3, -0.25) is 4.79 Å². The Balaban J connectivity index is 3.31. The maximum absolute atomic E-state index is 11.2. The number of ether oxygens (including phenoxy) is 1. The number of carbonyl (C=O) groups is 1. The molecule has 0 heterocycles. The minimum Gasteiger partial charge on any atom is -0.381 e. The van der Waals surface area contributed by atoms with Crippen LogP contribution in [0.3, 0.4) is 0 Å². The van der Waals surface area contributed by atoms with E-state index in [0.717, 1.165) is 19.6 Å². The second-order valence-electron chi connectivity index (χ2n) is 2.77. The predicted octanol–water partition coefficient (Wildman–Crippen LogP) is 1.28. The number of rotatable bonds is 6. The van der Waals surface area contributed by atoms with Crippen LogP contribution < -0.4 is 0 Å². The molecule has 12 heavy (non-hydrogen) atoms. The van der Waals surface area contributed by atoms with Crippen LogP contribution in [0.4, 0.5) is 0 Å². The molecule has 0 N–H and O–H groups in total. The van der Waals surface area contributed by atoms with Crippen molar-refractivity contribution in [1.29, 1.82) is 0 Å². The zero-order chi connectivity index (χ0) is 9.40. The third kappa shape index (κ3) is 5.13. The van der Waals surface area contributed by atoms with Crippen molar-refractivity contribution in [2.24, 2.45) is 0 Å². The number of amides is 1. The van der Waals surface area contributed by atoms with E-state index in [0.29, 0.717) is 13.0 Å². The second kappa shape index (κ2) is 7.10. The van der Waals surface area contributed by atoms with Crippen LogP contribution in [0.15, 0.2) is 0 Å². The van der Waals surface area contributed by atoms with Crippen molar-refractivity contribution < 1.29 is 9.53 Å². The van der Waals surface area contributed by atoms with Gasteiger partial charge in [0.2, 0.25) is 5.91 Å². The first kappa shape index (κ1) is 11.4.